The molecule has 0 amide bonds. The Labute approximate surface area is 67.0 Å². The molecule has 0 spiro atoms. The molecular weight excluding hydrogens is 193 g/mol. The van der Waals surface area contributed by atoms with Gasteiger partial charge in [-0.1, -0.05) is 0 Å². The summed E-state index contributed by atoms with van der Waals surface area (Å²) in [6, 6.07) is 5.57. The number of pyridine rings is 1. The van der Waals surface area contributed by atoms with Gasteiger partial charge in [-0.25, -0.2) is 0 Å². The van der Waals surface area contributed by atoms with Gasteiger partial charge in [-0.3, -0.25) is 0 Å². The van der Waals surface area contributed by atoms with E-state index >= 15 is 0 Å². The summed E-state index contributed by atoms with van der Waals surface area (Å²) in [5, 5.41) is 2.83. The Morgan fingerprint density at radius 1 is 1.60 bits per heavy atom. The Bertz CT molecular complexity index is 222. The van der Waals surface area contributed by atoms with E-state index in [-0.39, 0.29) is 0 Å². The number of nitrogens with zero attached hydrogens (tertiary/aromatic N) is 1. The molecule has 0 atom stereocenters. The molecular formula is C6H7N3Se. The molecule has 0 aliphatic carbocycles. The van der Waals surface area contributed by atoms with Gasteiger partial charge < -0.3 is 0 Å². The first kappa shape index (κ1) is 7.25. The van der Waals surface area contributed by atoms with Crippen LogP contribution in [0.5, 0.6) is 0 Å². The van der Waals surface area contributed by atoms with Gasteiger partial charge in [0.25, 0.3) is 0 Å². The quantitative estimate of drug-likeness (QED) is 0.645. The van der Waals surface area contributed by atoms with Crippen LogP contribution in [-0.4, -0.2) is 25.2 Å². The summed E-state index contributed by atoms with van der Waals surface area (Å²) >= 11 is 2.63. The zero-order valence-corrected chi connectivity index (χ0v) is 6.96. The summed E-state index contributed by atoms with van der Waals surface area (Å²) in [6.45, 7) is 0. The summed E-state index contributed by atoms with van der Waals surface area (Å²) < 4.78 is 0.527. The van der Waals surface area contributed by atoms with E-state index in [1.165, 1.54) is 0 Å². The minimum absolute atomic E-state index is 0.527. The van der Waals surface area contributed by atoms with Crippen LogP contribution in [0.2, 0.25) is 0 Å². The van der Waals surface area contributed by atoms with Crippen molar-refractivity contribution in [2.24, 2.45) is 5.73 Å². The molecule has 4 heteroatoms. The maximum absolute atomic E-state index is 5.33. The number of hydrogen-bond acceptors (Lipinski definition) is 3. The molecule has 0 aliphatic rings. The van der Waals surface area contributed by atoms with Crippen LogP contribution in [0.1, 0.15) is 0 Å². The third-order valence-electron chi connectivity index (χ3n) is 0.916. The van der Waals surface area contributed by atoms with Crippen molar-refractivity contribution in [3.05, 3.63) is 24.4 Å². The van der Waals surface area contributed by atoms with Crippen molar-refractivity contribution in [1.29, 1.82) is 0 Å². The van der Waals surface area contributed by atoms with Crippen molar-refractivity contribution in [2.45, 2.75) is 0 Å². The minimum atomic E-state index is 0.527. The van der Waals surface area contributed by atoms with Crippen LogP contribution in [0.25, 0.3) is 0 Å². The molecule has 0 saturated carbocycles. The van der Waals surface area contributed by atoms with Crippen molar-refractivity contribution in [3.63, 3.8) is 0 Å². The van der Waals surface area contributed by atoms with Gasteiger partial charge in [0.05, 0.1) is 0 Å². The average molecular weight is 200 g/mol. The predicted molar refractivity (Wildman–Crippen MR) is 42.8 cm³/mol. The van der Waals surface area contributed by atoms with Crippen molar-refractivity contribution >= 4 is 26.1 Å². The van der Waals surface area contributed by atoms with Crippen molar-refractivity contribution in [1.82, 2.24) is 4.98 Å². The average Bonchev–Trinajstić information content (AvgIpc) is 1.88. The van der Waals surface area contributed by atoms with Crippen LogP contribution in [0.4, 0.5) is 5.82 Å². The van der Waals surface area contributed by atoms with Gasteiger partial charge in [-0.05, 0) is 0 Å². The third kappa shape index (κ3) is 2.17. The Kier molecular flexibility index (Phi) is 2.42. The molecule has 0 fully saturated rings. The van der Waals surface area contributed by atoms with E-state index in [1.807, 2.05) is 18.2 Å². The SMILES string of the molecule is NC(=[Se])Nc1ccccn1. The van der Waals surface area contributed by atoms with Crippen LogP contribution in [-0.2, 0) is 0 Å². The summed E-state index contributed by atoms with van der Waals surface area (Å²) in [7, 11) is 0. The molecule has 52 valence electrons. The van der Waals surface area contributed by atoms with E-state index in [0.717, 1.165) is 5.82 Å². The molecule has 3 N–H and O–H groups in total. The van der Waals surface area contributed by atoms with E-state index in [1.54, 1.807) is 6.20 Å². The first-order valence-electron chi connectivity index (χ1n) is 2.76. The molecule has 0 saturated heterocycles. The van der Waals surface area contributed by atoms with Gasteiger partial charge >= 0.3 is 66.5 Å². The molecule has 1 aromatic rings. The molecule has 3 nitrogen and oxygen atoms in total. The monoisotopic (exact) mass is 201 g/mol. The summed E-state index contributed by atoms with van der Waals surface area (Å²) in [6.07, 6.45) is 1.70. The molecule has 0 bridgehead atoms. The van der Waals surface area contributed by atoms with Crippen LogP contribution in [0.3, 0.4) is 0 Å². The Balaban J connectivity index is 2.67. The van der Waals surface area contributed by atoms with Gasteiger partial charge in [0.15, 0.2) is 0 Å². The Morgan fingerprint density at radius 2 is 2.40 bits per heavy atom. The number of aromatic nitrogens is 1. The number of rotatable bonds is 2. The van der Waals surface area contributed by atoms with E-state index in [0.29, 0.717) is 4.67 Å². The fraction of sp³-hybridized carbons (Fsp3) is 0. The van der Waals surface area contributed by atoms with Crippen LogP contribution >= 0.6 is 0 Å². The first-order chi connectivity index (χ1) is 4.79. The predicted octanol–water partition coefficient (Wildman–Crippen LogP) is -0.292. The maximum atomic E-state index is 5.33. The molecule has 0 unspecified atom stereocenters. The van der Waals surface area contributed by atoms with Gasteiger partial charge in [0.1, 0.15) is 0 Å². The molecule has 0 aromatic carbocycles. The Morgan fingerprint density at radius 3 is 2.90 bits per heavy atom. The van der Waals surface area contributed by atoms with E-state index < -0.39 is 0 Å². The first-order valence-corrected chi connectivity index (χ1v) is 3.62. The number of anilines is 1. The number of nitrogens with two attached hydrogens (primary N) is 1. The number of hydrogen-bond donors (Lipinski definition) is 2. The van der Waals surface area contributed by atoms with E-state index in [9.17, 15) is 0 Å². The molecule has 1 aromatic heterocycles. The summed E-state index contributed by atoms with van der Waals surface area (Å²) in [4.78, 5) is 3.99. The van der Waals surface area contributed by atoms with Crippen LogP contribution in [0, 0.1) is 0 Å². The zero-order chi connectivity index (χ0) is 7.40. The van der Waals surface area contributed by atoms with Crippen LogP contribution in [0.15, 0.2) is 24.4 Å². The van der Waals surface area contributed by atoms with Crippen LogP contribution < -0.4 is 11.1 Å². The fourth-order valence-corrected chi connectivity index (χ4v) is 0.782. The van der Waals surface area contributed by atoms with Crippen molar-refractivity contribution in [3.8, 4) is 0 Å². The molecule has 0 aliphatic heterocycles. The second kappa shape index (κ2) is 3.34. The van der Waals surface area contributed by atoms with Gasteiger partial charge in [0.2, 0.25) is 0 Å². The van der Waals surface area contributed by atoms with Gasteiger partial charge in [-0.15, -0.1) is 0 Å². The van der Waals surface area contributed by atoms with Crippen molar-refractivity contribution < 1.29 is 0 Å². The summed E-state index contributed by atoms with van der Waals surface area (Å²) in [5.41, 5.74) is 5.33. The standard InChI is InChI=1S/C6H7N3Se/c7-6(10)9-5-3-1-2-4-8-5/h1-4H,(H3,7,8,9,10). The topological polar surface area (TPSA) is 50.9 Å². The zero-order valence-electron chi connectivity index (χ0n) is 5.24. The van der Waals surface area contributed by atoms with Gasteiger partial charge in [0, 0.05) is 0 Å². The molecule has 1 heterocycles. The number of nitrogens with one attached hydrogen (secondary N) is 1. The second-order valence-electron chi connectivity index (χ2n) is 1.70. The second-order valence-corrected chi connectivity index (χ2v) is 2.63. The van der Waals surface area contributed by atoms with Crippen molar-refractivity contribution in [2.75, 3.05) is 5.32 Å². The normalized spacial score (nSPS) is 8.80. The third-order valence-corrected chi connectivity index (χ3v) is 1.13. The Hall–Kier alpha value is -0.861. The van der Waals surface area contributed by atoms with E-state index in [4.69, 9.17) is 5.73 Å². The molecule has 1 rings (SSSR count). The van der Waals surface area contributed by atoms with Gasteiger partial charge in [-0.2, -0.15) is 0 Å². The van der Waals surface area contributed by atoms with E-state index in [2.05, 4.69) is 25.9 Å². The fourth-order valence-electron chi connectivity index (χ4n) is 0.563. The molecule has 10 heavy (non-hydrogen) atoms. The summed E-state index contributed by atoms with van der Waals surface area (Å²) in [5.74, 6) is 0.749. The molecule has 0 radical (unpaired) electrons.